The van der Waals surface area contributed by atoms with Crippen LogP contribution in [0, 0.1) is 0 Å². The van der Waals surface area contributed by atoms with E-state index in [1.54, 1.807) is 0 Å². The molecule has 19 heavy (non-hydrogen) atoms. The Morgan fingerprint density at radius 1 is 1.53 bits per heavy atom. The predicted molar refractivity (Wildman–Crippen MR) is 63.5 cm³/mol. The number of hydrazone groups is 1. The highest BCUT2D eigenvalue weighted by atomic mass is 32.2. The Labute approximate surface area is 110 Å². The maximum atomic E-state index is 12.3. The van der Waals surface area contributed by atoms with Crippen molar-refractivity contribution in [2.45, 2.75) is 18.7 Å². The van der Waals surface area contributed by atoms with E-state index in [9.17, 15) is 13.2 Å². The van der Waals surface area contributed by atoms with E-state index in [4.69, 9.17) is 8.92 Å². The maximum absolute atomic E-state index is 12.3. The number of amides is 2. The van der Waals surface area contributed by atoms with Gasteiger partial charge in [0.25, 0.3) is 10.1 Å². The summed E-state index contributed by atoms with van der Waals surface area (Å²) in [5.74, 6) is 0.494. The zero-order valence-corrected chi connectivity index (χ0v) is 11.1. The molecule has 2 saturated heterocycles. The minimum absolute atomic E-state index is 0.143. The summed E-state index contributed by atoms with van der Waals surface area (Å²) in [6.45, 7) is 1.01. The van der Waals surface area contributed by atoms with E-state index in [0.29, 0.717) is 18.8 Å². The summed E-state index contributed by atoms with van der Waals surface area (Å²) < 4.78 is 33.0. The molecule has 3 aliphatic rings. The standard InChI is InChI=1S/C9H14N4O5S/c1-19(15,16)18-8-6-4-17-5-12(6)9(14)13(8)7-2-3-10-11-7/h6,8,10H,2-5H2,1H3. The Bertz CT molecular complexity index is 533. The highest BCUT2D eigenvalue weighted by Crippen LogP contribution is 2.30. The van der Waals surface area contributed by atoms with Crippen molar-refractivity contribution in [2.75, 3.05) is 26.1 Å². The molecular weight excluding hydrogens is 276 g/mol. The van der Waals surface area contributed by atoms with Crippen molar-refractivity contribution >= 4 is 22.0 Å². The summed E-state index contributed by atoms with van der Waals surface area (Å²) in [5.41, 5.74) is 2.76. The molecule has 0 aliphatic carbocycles. The second kappa shape index (κ2) is 4.32. The Morgan fingerprint density at radius 2 is 2.32 bits per heavy atom. The van der Waals surface area contributed by atoms with Gasteiger partial charge in [-0.15, -0.1) is 0 Å². The van der Waals surface area contributed by atoms with Crippen molar-refractivity contribution in [1.82, 2.24) is 15.2 Å². The molecule has 10 heteroatoms. The first-order chi connectivity index (χ1) is 8.97. The van der Waals surface area contributed by atoms with Crippen LogP contribution in [0.15, 0.2) is 5.10 Å². The molecular formula is C9H14N4O5S. The average Bonchev–Trinajstić information content (AvgIpc) is 2.99. The Balaban J connectivity index is 1.93. The zero-order valence-electron chi connectivity index (χ0n) is 10.3. The lowest BCUT2D eigenvalue weighted by Crippen LogP contribution is -2.44. The van der Waals surface area contributed by atoms with E-state index < -0.39 is 22.4 Å². The topological polar surface area (TPSA) is 101 Å². The maximum Gasteiger partial charge on any atom is 0.330 e. The molecule has 1 N–H and O–H groups in total. The number of rotatable bonds is 2. The second-order valence-corrected chi connectivity index (χ2v) is 6.17. The van der Waals surface area contributed by atoms with Crippen molar-refractivity contribution in [3.63, 3.8) is 0 Å². The molecule has 2 fully saturated rings. The van der Waals surface area contributed by atoms with Crippen molar-refractivity contribution in [2.24, 2.45) is 5.10 Å². The zero-order chi connectivity index (χ0) is 13.6. The van der Waals surface area contributed by atoms with Crippen LogP contribution in [0.5, 0.6) is 0 Å². The van der Waals surface area contributed by atoms with E-state index in [1.807, 2.05) is 0 Å². The van der Waals surface area contributed by atoms with Gasteiger partial charge in [-0.2, -0.15) is 13.5 Å². The van der Waals surface area contributed by atoms with Crippen molar-refractivity contribution in [3.8, 4) is 0 Å². The number of carbonyl (C=O) groups excluding carboxylic acids is 1. The number of urea groups is 1. The number of ether oxygens (including phenoxy) is 1. The number of nitrogens with zero attached hydrogens (tertiary/aromatic N) is 3. The third-order valence-electron chi connectivity index (χ3n) is 3.17. The summed E-state index contributed by atoms with van der Waals surface area (Å²) in [6, 6.07) is -0.760. The van der Waals surface area contributed by atoms with Gasteiger partial charge in [0, 0.05) is 13.0 Å². The highest BCUT2D eigenvalue weighted by Gasteiger charge is 2.53. The lowest BCUT2D eigenvalue weighted by Gasteiger charge is -2.23. The smallest absolute Gasteiger partial charge is 0.330 e. The fourth-order valence-electron chi connectivity index (χ4n) is 2.40. The minimum Gasteiger partial charge on any atom is -0.359 e. The van der Waals surface area contributed by atoms with Crippen LogP contribution < -0.4 is 5.43 Å². The van der Waals surface area contributed by atoms with Gasteiger partial charge in [-0.05, 0) is 0 Å². The van der Waals surface area contributed by atoms with Gasteiger partial charge in [0.05, 0.1) is 12.9 Å². The van der Waals surface area contributed by atoms with Crippen LogP contribution in [0.3, 0.4) is 0 Å². The number of carbonyl (C=O) groups is 1. The first-order valence-corrected chi connectivity index (χ1v) is 7.64. The van der Waals surface area contributed by atoms with E-state index >= 15 is 0 Å². The molecule has 0 bridgehead atoms. The molecule has 2 atom stereocenters. The lowest BCUT2D eigenvalue weighted by molar-refractivity contribution is 0.0888. The van der Waals surface area contributed by atoms with Crippen LogP contribution in [0.4, 0.5) is 4.79 Å². The third kappa shape index (κ3) is 2.15. The van der Waals surface area contributed by atoms with Gasteiger partial charge in [-0.3, -0.25) is 4.90 Å². The van der Waals surface area contributed by atoms with Crippen LogP contribution in [-0.4, -0.2) is 68.5 Å². The van der Waals surface area contributed by atoms with Crippen molar-refractivity contribution in [1.29, 1.82) is 0 Å². The molecule has 3 rings (SSSR count). The second-order valence-electron chi connectivity index (χ2n) is 4.57. The van der Waals surface area contributed by atoms with Crippen molar-refractivity contribution in [3.05, 3.63) is 0 Å². The largest absolute Gasteiger partial charge is 0.359 e. The molecule has 9 nitrogen and oxygen atoms in total. The summed E-state index contributed by atoms with van der Waals surface area (Å²) in [7, 11) is -3.68. The molecule has 0 aromatic rings. The normalized spacial score (nSPS) is 30.6. The molecule has 0 aromatic heterocycles. The monoisotopic (exact) mass is 290 g/mol. The van der Waals surface area contributed by atoms with E-state index in [1.165, 1.54) is 9.80 Å². The van der Waals surface area contributed by atoms with Gasteiger partial charge < -0.3 is 10.2 Å². The molecule has 0 radical (unpaired) electrons. The minimum atomic E-state index is -3.68. The summed E-state index contributed by atoms with van der Waals surface area (Å²) in [6.07, 6.45) is 0.600. The first-order valence-electron chi connectivity index (χ1n) is 5.82. The fourth-order valence-corrected chi connectivity index (χ4v) is 2.97. The van der Waals surface area contributed by atoms with Crippen LogP contribution in [-0.2, 0) is 19.0 Å². The predicted octanol–water partition coefficient (Wildman–Crippen LogP) is -1.31. The molecule has 0 aromatic carbocycles. The lowest BCUT2D eigenvalue weighted by atomic mass is 10.2. The Hall–Kier alpha value is -1.39. The van der Waals surface area contributed by atoms with Gasteiger partial charge in [-0.25, -0.2) is 13.9 Å². The molecule has 106 valence electrons. The summed E-state index contributed by atoms with van der Waals surface area (Å²) in [5, 5.41) is 4.01. The van der Waals surface area contributed by atoms with Gasteiger partial charge in [0.15, 0.2) is 6.23 Å². The number of nitrogens with one attached hydrogen (secondary N) is 1. The average molecular weight is 290 g/mol. The fraction of sp³-hybridized carbons (Fsp3) is 0.778. The van der Waals surface area contributed by atoms with Gasteiger partial charge in [-0.1, -0.05) is 0 Å². The number of hydrogen-bond acceptors (Lipinski definition) is 7. The van der Waals surface area contributed by atoms with Crippen LogP contribution in [0.2, 0.25) is 0 Å². The van der Waals surface area contributed by atoms with E-state index in [2.05, 4.69) is 10.5 Å². The van der Waals surface area contributed by atoms with Crippen LogP contribution >= 0.6 is 0 Å². The Kier molecular flexibility index (Phi) is 2.87. The summed E-state index contributed by atoms with van der Waals surface area (Å²) >= 11 is 0. The van der Waals surface area contributed by atoms with Crippen LogP contribution in [0.1, 0.15) is 6.42 Å². The quantitative estimate of drug-likeness (QED) is 0.634. The number of fused-ring (bicyclic) bond motifs is 1. The van der Waals surface area contributed by atoms with Crippen molar-refractivity contribution < 1.29 is 22.1 Å². The molecule has 0 spiro atoms. The molecule has 0 saturated carbocycles. The molecule has 3 heterocycles. The van der Waals surface area contributed by atoms with E-state index in [-0.39, 0.29) is 19.4 Å². The van der Waals surface area contributed by atoms with Gasteiger partial charge >= 0.3 is 6.03 Å². The number of amidine groups is 1. The number of hydrogen-bond donors (Lipinski definition) is 1. The van der Waals surface area contributed by atoms with Gasteiger partial charge in [0.1, 0.15) is 18.6 Å². The first kappa shape index (κ1) is 12.6. The molecule has 2 unspecified atom stereocenters. The van der Waals surface area contributed by atoms with E-state index in [0.717, 1.165) is 6.26 Å². The van der Waals surface area contributed by atoms with Gasteiger partial charge in [0.2, 0.25) is 0 Å². The highest BCUT2D eigenvalue weighted by molar-refractivity contribution is 7.86. The summed E-state index contributed by atoms with van der Waals surface area (Å²) in [4.78, 5) is 15.0. The Morgan fingerprint density at radius 3 is 2.95 bits per heavy atom. The molecule has 2 amide bonds. The van der Waals surface area contributed by atoms with Crippen LogP contribution in [0.25, 0.3) is 0 Å². The molecule has 3 aliphatic heterocycles. The SMILES string of the molecule is CS(=O)(=O)OC1C2COCN2C(=O)N1C1=NNCC1. The third-order valence-corrected chi connectivity index (χ3v) is 3.72.